The van der Waals surface area contributed by atoms with E-state index in [1.54, 1.807) is 16.6 Å². The second-order valence-electron chi connectivity index (χ2n) is 6.35. The molecule has 1 fully saturated rings. The van der Waals surface area contributed by atoms with Gasteiger partial charge in [-0.1, -0.05) is 19.1 Å². The fourth-order valence-corrected chi connectivity index (χ4v) is 3.21. The molecule has 4 rings (SSSR count). The Bertz CT molecular complexity index is 956. The van der Waals surface area contributed by atoms with E-state index >= 15 is 0 Å². The molecule has 0 saturated carbocycles. The second kappa shape index (κ2) is 6.70. The molecule has 0 bridgehead atoms. The van der Waals surface area contributed by atoms with Crippen molar-refractivity contribution in [3.8, 4) is 11.4 Å². The van der Waals surface area contributed by atoms with Crippen LogP contribution in [0.2, 0.25) is 0 Å². The third-order valence-corrected chi connectivity index (χ3v) is 4.54. The van der Waals surface area contributed by atoms with Crippen LogP contribution in [0.15, 0.2) is 36.4 Å². The number of nitrogens with one attached hydrogen (secondary N) is 1. The lowest BCUT2D eigenvalue weighted by Crippen LogP contribution is -2.31. The molecule has 1 aromatic carbocycles. The van der Waals surface area contributed by atoms with Gasteiger partial charge >= 0.3 is 0 Å². The molecule has 1 aliphatic rings. The van der Waals surface area contributed by atoms with Crippen LogP contribution in [0.5, 0.6) is 0 Å². The number of hydrogen-bond acceptors (Lipinski definition) is 5. The van der Waals surface area contributed by atoms with Crippen molar-refractivity contribution < 1.29 is 9.18 Å². The van der Waals surface area contributed by atoms with Gasteiger partial charge in [0.2, 0.25) is 5.91 Å². The summed E-state index contributed by atoms with van der Waals surface area (Å²) in [4.78, 5) is 13.7. The minimum atomic E-state index is -0.333. The maximum Gasteiger partial charge on any atom is 0.222 e. The predicted molar refractivity (Wildman–Crippen MR) is 95.1 cm³/mol. The maximum atomic E-state index is 13.5. The molecular weight excluding hydrogens is 335 g/mol. The van der Waals surface area contributed by atoms with Crippen molar-refractivity contribution in [1.29, 1.82) is 0 Å². The third-order valence-electron chi connectivity index (χ3n) is 4.54. The fourth-order valence-electron chi connectivity index (χ4n) is 3.21. The Balaban J connectivity index is 1.58. The number of nitrogens with zero attached hydrogens (tertiary/aromatic N) is 5. The van der Waals surface area contributed by atoms with E-state index in [0.717, 1.165) is 13.0 Å². The Kier molecular flexibility index (Phi) is 4.24. The molecule has 1 amide bonds. The van der Waals surface area contributed by atoms with E-state index in [1.165, 1.54) is 12.1 Å². The smallest absolute Gasteiger partial charge is 0.222 e. The lowest BCUT2D eigenvalue weighted by molar-refractivity contribution is -0.129. The number of halogens is 1. The number of benzene rings is 1. The molecule has 1 saturated heterocycles. The molecule has 2 aromatic heterocycles. The molecule has 0 radical (unpaired) electrons. The first-order chi connectivity index (χ1) is 12.6. The van der Waals surface area contributed by atoms with E-state index in [0.29, 0.717) is 35.8 Å². The molecule has 1 N–H and O–H groups in total. The van der Waals surface area contributed by atoms with E-state index < -0.39 is 0 Å². The summed E-state index contributed by atoms with van der Waals surface area (Å²) in [7, 11) is 0. The van der Waals surface area contributed by atoms with Crippen LogP contribution in [0, 0.1) is 5.82 Å². The van der Waals surface area contributed by atoms with Crippen LogP contribution in [0.1, 0.15) is 19.8 Å². The molecule has 1 aliphatic heterocycles. The normalized spacial score (nSPS) is 17.0. The van der Waals surface area contributed by atoms with Crippen LogP contribution >= 0.6 is 0 Å². The molecule has 8 heteroatoms. The Morgan fingerprint density at radius 3 is 3.00 bits per heavy atom. The summed E-state index contributed by atoms with van der Waals surface area (Å²) in [6.45, 7) is 3.30. The largest absolute Gasteiger partial charge is 0.364 e. The molecule has 3 heterocycles. The molecule has 26 heavy (non-hydrogen) atoms. The van der Waals surface area contributed by atoms with Crippen molar-refractivity contribution in [2.45, 2.75) is 25.8 Å². The summed E-state index contributed by atoms with van der Waals surface area (Å²) < 4.78 is 15.1. The van der Waals surface area contributed by atoms with Gasteiger partial charge in [-0.3, -0.25) is 4.79 Å². The Morgan fingerprint density at radius 2 is 2.19 bits per heavy atom. The van der Waals surface area contributed by atoms with E-state index in [9.17, 15) is 9.18 Å². The first kappa shape index (κ1) is 16.4. The molecule has 3 aromatic rings. The van der Waals surface area contributed by atoms with Crippen LogP contribution < -0.4 is 5.32 Å². The number of hydrogen-bond donors (Lipinski definition) is 1. The quantitative estimate of drug-likeness (QED) is 0.778. The minimum absolute atomic E-state index is 0.157. The summed E-state index contributed by atoms with van der Waals surface area (Å²) in [5.41, 5.74) is 1.20. The summed E-state index contributed by atoms with van der Waals surface area (Å²) in [5.74, 6) is 0.994. The number of carbonyl (C=O) groups is 1. The average Bonchev–Trinajstić information content (AvgIpc) is 3.28. The van der Waals surface area contributed by atoms with E-state index in [4.69, 9.17) is 0 Å². The van der Waals surface area contributed by atoms with Crippen molar-refractivity contribution in [1.82, 2.24) is 24.7 Å². The lowest BCUT2D eigenvalue weighted by Gasteiger charge is -2.16. The topological polar surface area (TPSA) is 75.4 Å². The zero-order valence-electron chi connectivity index (χ0n) is 14.4. The van der Waals surface area contributed by atoms with Gasteiger partial charge in [0.05, 0.1) is 0 Å². The monoisotopic (exact) mass is 354 g/mol. The third kappa shape index (κ3) is 3.10. The molecule has 0 aliphatic carbocycles. The number of likely N-dealkylation sites (tertiary alicyclic amines) is 1. The van der Waals surface area contributed by atoms with Gasteiger partial charge < -0.3 is 10.2 Å². The zero-order valence-corrected chi connectivity index (χ0v) is 14.4. The van der Waals surface area contributed by atoms with Crippen molar-refractivity contribution >= 4 is 17.4 Å². The second-order valence-corrected chi connectivity index (χ2v) is 6.35. The number of aromatic nitrogens is 4. The molecular formula is C18H19FN6O. The number of amides is 1. The molecule has 7 nitrogen and oxygen atoms in total. The highest BCUT2D eigenvalue weighted by Crippen LogP contribution is 2.20. The zero-order chi connectivity index (χ0) is 18.1. The van der Waals surface area contributed by atoms with Gasteiger partial charge in [0.25, 0.3) is 0 Å². The minimum Gasteiger partial charge on any atom is -0.364 e. The van der Waals surface area contributed by atoms with E-state index in [-0.39, 0.29) is 17.8 Å². The fraction of sp³-hybridized carbons (Fsp3) is 0.333. The van der Waals surface area contributed by atoms with Crippen LogP contribution in [-0.4, -0.2) is 49.7 Å². The van der Waals surface area contributed by atoms with Gasteiger partial charge in [0.1, 0.15) is 11.6 Å². The maximum absolute atomic E-state index is 13.5. The number of fused-ring (bicyclic) bond motifs is 1. The first-order valence-electron chi connectivity index (χ1n) is 8.67. The summed E-state index contributed by atoms with van der Waals surface area (Å²) in [6.07, 6.45) is 1.40. The van der Waals surface area contributed by atoms with Gasteiger partial charge in [-0.25, -0.2) is 4.39 Å². The predicted octanol–water partition coefficient (Wildman–Crippen LogP) is 2.35. The van der Waals surface area contributed by atoms with Crippen LogP contribution in [0.3, 0.4) is 0 Å². The van der Waals surface area contributed by atoms with Crippen molar-refractivity contribution in [2.24, 2.45) is 0 Å². The molecule has 1 atom stereocenters. The average molecular weight is 354 g/mol. The van der Waals surface area contributed by atoms with Crippen LogP contribution in [-0.2, 0) is 4.79 Å². The van der Waals surface area contributed by atoms with Crippen molar-refractivity contribution in [2.75, 3.05) is 18.4 Å². The first-order valence-corrected chi connectivity index (χ1v) is 8.67. The Morgan fingerprint density at radius 1 is 1.31 bits per heavy atom. The van der Waals surface area contributed by atoms with Crippen molar-refractivity contribution in [3.05, 3.63) is 42.2 Å². The number of anilines is 1. The van der Waals surface area contributed by atoms with Gasteiger partial charge in [0, 0.05) is 31.1 Å². The summed E-state index contributed by atoms with van der Waals surface area (Å²) in [6, 6.07) is 10.0. The summed E-state index contributed by atoms with van der Waals surface area (Å²) >= 11 is 0. The highest BCUT2D eigenvalue weighted by molar-refractivity contribution is 5.76. The van der Waals surface area contributed by atoms with Gasteiger partial charge in [-0.15, -0.1) is 15.3 Å². The molecule has 134 valence electrons. The number of carbonyl (C=O) groups excluding carboxylic acids is 1. The van der Waals surface area contributed by atoms with Gasteiger partial charge in [0.15, 0.2) is 11.5 Å². The van der Waals surface area contributed by atoms with Crippen LogP contribution in [0.4, 0.5) is 10.2 Å². The number of rotatable bonds is 4. The van der Waals surface area contributed by atoms with E-state index in [2.05, 4.69) is 20.6 Å². The molecule has 1 unspecified atom stereocenters. The Hall–Kier alpha value is -3.03. The lowest BCUT2D eigenvalue weighted by atomic mass is 10.2. The van der Waals surface area contributed by atoms with Crippen LogP contribution in [0.25, 0.3) is 17.0 Å². The summed E-state index contributed by atoms with van der Waals surface area (Å²) in [5, 5.41) is 16.1. The molecule has 0 spiro atoms. The Labute approximate surface area is 149 Å². The van der Waals surface area contributed by atoms with Gasteiger partial charge in [-0.2, -0.15) is 4.52 Å². The van der Waals surface area contributed by atoms with E-state index in [1.807, 2.05) is 24.0 Å². The standard InChI is InChI=1S/C18H19FN6O/c1-2-17(26)24-9-8-14(11-24)20-15-6-7-16-21-22-18(25(16)23-15)12-4-3-5-13(19)10-12/h3-7,10,14H,2,8-9,11H2,1H3,(H,20,23). The van der Waals surface area contributed by atoms with Gasteiger partial charge in [-0.05, 0) is 30.7 Å². The SMILES string of the molecule is CCC(=O)N1CCC(Nc2ccc3nnc(-c4cccc(F)c4)n3n2)C1. The van der Waals surface area contributed by atoms with Crippen molar-refractivity contribution in [3.63, 3.8) is 0 Å². The highest BCUT2D eigenvalue weighted by Gasteiger charge is 2.25. The highest BCUT2D eigenvalue weighted by atomic mass is 19.1.